The van der Waals surface area contributed by atoms with E-state index < -0.39 is 5.97 Å². The smallest absolute Gasteiger partial charge is 0.343 e. The summed E-state index contributed by atoms with van der Waals surface area (Å²) in [5.74, 6) is -0.328. The Balaban J connectivity index is 1.64. The molecule has 1 N–H and O–H groups in total. The highest BCUT2D eigenvalue weighted by molar-refractivity contribution is 6.30. The van der Waals surface area contributed by atoms with Crippen molar-refractivity contribution in [1.82, 2.24) is 0 Å². The Kier molecular flexibility index (Phi) is 5.34. The molecule has 0 aliphatic heterocycles. The van der Waals surface area contributed by atoms with Crippen LogP contribution in [0.5, 0.6) is 5.75 Å². The quantitative estimate of drug-likeness (QED) is 0.515. The molecule has 1 amide bonds. The molecule has 4 nitrogen and oxygen atoms in total. The highest BCUT2D eigenvalue weighted by Gasteiger charge is 2.10. The van der Waals surface area contributed by atoms with Crippen molar-refractivity contribution in [2.75, 3.05) is 5.32 Å². The molecule has 0 saturated carbocycles. The molecule has 3 rings (SSSR count). The summed E-state index contributed by atoms with van der Waals surface area (Å²) in [7, 11) is 0. The van der Waals surface area contributed by atoms with Gasteiger partial charge in [-0.25, -0.2) is 4.79 Å². The van der Waals surface area contributed by atoms with E-state index in [1.807, 2.05) is 19.1 Å². The summed E-state index contributed by atoms with van der Waals surface area (Å²) >= 11 is 5.82. The topological polar surface area (TPSA) is 55.4 Å². The largest absolute Gasteiger partial charge is 0.423 e. The van der Waals surface area contributed by atoms with Crippen molar-refractivity contribution in [3.63, 3.8) is 0 Å². The Morgan fingerprint density at radius 2 is 1.38 bits per heavy atom. The minimum absolute atomic E-state index is 0.260. The third-order valence-corrected chi connectivity index (χ3v) is 3.97. The van der Waals surface area contributed by atoms with Gasteiger partial charge in [0.1, 0.15) is 5.75 Å². The van der Waals surface area contributed by atoms with E-state index in [1.165, 1.54) is 0 Å². The molecule has 0 bridgehead atoms. The van der Waals surface area contributed by atoms with Gasteiger partial charge < -0.3 is 10.1 Å². The molecule has 3 aromatic rings. The maximum atomic E-state index is 12.2. The molecular formula is C21H16ClNO3. The molecule has 5 heteroatoms. The van der Waals surface area contributed by atoms with Crippen LogP contribution in [0, 0.1) is 6.92 Å². The van der Waals surface area contributed by atoms with Crippen LogP contribution in [0.25, 0.3) is 0 Å². The van der Waals surface area contributed by atoms with E-state index in [0.29, 0.717) is 27.6 Å². The minimum Gasteiger partial charge on any atom is -0.423 e. The number of halogens is 1. The van der Waals surface area contributed by atoms with E-state index in [4.69, 9.17) is 16.3 Å². The Morgan fingerprint density at radius 3 is 2.00 bits per heavy atom. The fraction of sp³-hybridized carbons (Fsp3) is 0.0476. The van der Waals surface area contributed by atoms with E-state index in [0.717, 1.165) is 5.56 Å². The number of hydrogen-bond acceptors (Lipinski definition) is 3. The van der Waals surface area contributed by atoms with Crippen LogP contribution in [0.4, 0.5) is 5.69 Å². The molecule has 0 aliphatic carbocycles. The number of hydrogen-bond donors (Lipinski definition) is 1. The Bertz CT molecular complexity index is 917. The molecule has 0 heterocycles. The fourth-order valence-corrected chi connectivity index (χ4v) is 2.39. The van der Waals surface area contributed by atoms with Crippen LogP contribution in [0.1, 0.15) is 26.3 Å². The maximum absolute atomic E-state index is 12.2. The van der Waals surface area contributed by atoms with Gasteiger partial charge >= 0.3 is 5.97 Å². The van der Waals surface area contributed by atoms with Gasteiger partial charge in [-0.05, 0) is 67.6 Å². The van der Waals surface area contributed by atoms with Crippen molar-refractivity contribution >= 4 is 29.2 Å². The summed E-state index contributed by atoms with van der Waals surface area (Å²) in [4.78, 5) is 24.3. The summed E-state index contributed by atoms with van der Waals surface area (Å²) < 4.78 is 5.32. The second-order valence-electron chi connectivity index (χ2n) is 5.74. The summed E-state index contributed by atoms with van der Waals surface area (Å²) in [5, 5.41) is 3.37. The van der Waals surface area contributed by atoms with E-state index in [-0.39, 0.29) is 5.91 Å². The summed E-state index contributed by atoms with van der Waals surface area (Å²) in [6, 6.07) is 20.3. The predicted octanol–water partition coefficient (Wildman–Crippen LogP) is 5.12. The van der Waals surface area contributed by atoms with Gasteiger partial charge in [0.25, 0.3) is 5.91 Å². The number of ether oxygens (including phenoxy) is 1. The van der Waals surface area contributed by atoms with Gasteiger partial charge in [0, 0.05) is 16.3 Å². The van der Waals surface area contributed by atoms with Crippen molar-refractivity contribution < 1.29 is 14.3 Å². The number of nitrogens with one attached hydrogen (secondary N) is 1. The zero-order valence-corrected chi connectivity index (χ0v) is 14.8. The number of anilines is 1. The molecular weight excluding hydrogens is 350 g/mol. The molecule has 0 aromatic heterocycles. The van der Waals surface area contributed by atoms with Crippen LogP contribution in [-0.4, -0.2) is 11.9 Å². The van der Waals surface area contributed by atoms with E-state index >= 15 is 0 Å². The molecule has 3 aromatic carbocycles. The first-order valence-electron chi connectivity index (χ1n) is 7.97. The first kappa shape index (κ1) is 17.7. The van der Waals surface area contributed by atoms with Crippen LogP contribution in [0.2, 0.25) is 5.02 Å². The Morgan fingerprint density at radius 1 is 0.808 bits per heavy atom. The minimum atomic E-state index is -0.441. The van der Waals surface area contributed by atoms with Crippen LogP contribution >= 0.6 is 11.6 Å². The lowest BCUT2D eigenvalue weighted by Crippen LogP contribution is -2.12. The zero-order chi connectivity index (χ0) is 18.5. The standard InChI is InChI=1S/C21H16ClNO3/c1-14-2-4-16(5-3-14)21(25)26-19-12-6-15(7-13-19)20(24)23-18-10-8-17(22)9-11-18/h2-13H,1H3,(H,23,24). The lowest BCUT2D eigenvalue weighted by molar-refractivity contribution is 0.0734. The van der Waals surface area contributed by atoms with Crippen molar-refractivity contribution in [3.05, 3.63) is 94.5 Å². The first-order chi connectivity index (χ1) is 12.5. The summed E-state index contributed by atoms with van der Waals surface area (Å²) in [6.45, 7) is 1.95. The van der Waals surface area contributed by atoms with Crippen molar-refractivity contribution in [2.45, 2.75) is 6.92 Å². The number of esters is 1. The third kappa shape index (κ3) is 4.49. The van der Waals surface area contributed by atoms with Gasteiger partial charge in [-0.1, -0.05) is 29.3 Å². The van der Waals surface area contributed by atoms with Gasteiger partial charge in [-0.2, -0.15) is 0 Å². The van der Waals surface area contributed by atoms with Gasteiger partial charge in [0.2, 0.25) is 0 Å². The van der Waals surface area contributed by atoms with Crippen LogP contribution in [0.15, 0.2) is 72.8 Å². The second-order valence-corrected chi connectivity index (χ2v) is 6.18. The fourth-order valence-electron chi connectivity index (χ4n) is 2.27. The molecule has 130 valence electrons. The van der Waals surface area contributed by atoms with Crippen LogP contribution in [0.3, 0.4) is 0 Å². The lowest BCUT2D eigenvalue weighted by atomic mass is 10.1. The SMILES string of the molecule is Cc1ccc(C(=O)Oc2ccc(C(=O)Nc3ccc(Cl)cc3)cc2)cc1. The number of rotatable bonds is 4. The van der Waals surface area contributed by atoms with Crippen LogP contribution < -0.4 is 10.1 Å². The van der Waals surface area contributed by atoms with Crippen molar-refractivity contribution in [2.24, 2.45) is 0 Å². The number of aryl methyl sites for hydroxylation is 1. The number of carbonyl (C=O) groups excluding carboxylic acids is 2. The first-order valence-corrected chi connectivity index (χ1v) is 8.35. The van der Waals surface area contributed by atoms with Gasteiger partial charge in [-0.15, -0.1) is 0 Å². The molecule has 0 fully saturated rings. The molecule has 26 heavy (non-hydrogen) atoms. The maximum Gasteiger partial charge on any atom is 0.343 e. The van der Waals surface area contributed by atoms with Crippen molar-refractivity contribution in [3.8, 4) is 5.75 Å². The summed E-state index contributed by atoms with van der Waals surface area (Å²) in [6.07, 6.45) is 0. The molecule has 0 spiro atoms. The molecule has 0 radical (unpaired) electrons. The van der Waals surface area contributed by atoms with Gasteiger partial charge in [-0.3, -0.25) is 4.79 Å². The summed E-state index contributed by atoms with van der Waals surface area (Å²) in [5.41, 5.74) is 2.64. The zero-order valence-electron chi connectivity index (χ0n) is 14.0. The molecule has 0 aliphatic rings. The number of carbonyl (C=O) groups is 2. The third-order valence-electron chi connectivity index (χ3n) is 3.72. The average Bonchev–Trinajstić information content (AvgIpc) is 2.64. The predicted molar refractivity (Wildman–Crippen MR) is 102 cm³/mol. The monoisotopic (exact) mass is 365 g/mol. The number of amides is 1. The highest BCUT2D eigenvalue weighted by atomic mass is 35.5. The van der Waals surface area contributed by atoms with Crippen LogP contribution in [-0.2, 0) is 0 Å². The normalized spacial score (nSPS) is 10.2. The molecule has 0 unspecified atom stereocenters. The Hall–Kier alpha value is -3.11. The number of benzene rings is 3. The highest BCUT2D eigenvalue weighted by Crippen LogP contribution is 2.17. The molecule has 0 saturated heterocycles. The van der Waals surface area contributed by atoms with E-state index in [1.54, 1.807) is 60.7 Å². The second kappa shape index (κ2) is 7.85. The molecule has 0 atom stereocenters. The van der Waals surface area contributed by atoms with Crippen molar-refractivity contribution in [1.29, 1.82) is 0 Å². The lowest BCUT2D eigenvalue weighted by Gasteiger charge is -2.07. The van der Waals surface area contributed by atoms with Gasteiger partial charge in [0.05, 0.1) is 5.56 Å². The van der Waals surface area contributed by atoms with E-state index in [9.17, 15) is 9.59 Å². The average molecular weight is 366 g/mol. The van der Waals surface area contributed by atoms with Gasteiger partial charge in [0.15, 0.2) is 0 Å². The van der Waals surface area contributed by atoms with E-state index in [2.05, 4.69) is 5.32 Å². The Labute approximate surface area is 156 Å².